The second kappa shape index (κ2) is 14.5. The van der Waals surface area contributed by atoms with Crippen LogP contribution in [-0.2, 0) is 27.2 Å². The summed E-state index contributed by atoms with van der Waals surface area (Å²) in [7, 11) is 0. The average molecular weight is 591 g/mol. The fraction of sp³-hybridized carbons (Fsp3) is 0.684. The Hall–Kier alpha value is -1.92. The lowest BCUT2D eigenvalue weighted by molar-refractivity contribution is -0.249. The third kappa shape index (κ3) is 6.71. The van der Waals surface area contributed by atoms with Crippen molar-refractivity contribution in [1.29, 1.82) is 0 Å². The van der Waals surface area contributed by atoms with Gasteiger partial charge in [-0.25, -0.2) is 0 Å². The second-order valence-electron chi connectivity index (χ2n) is 13.9. The first-order chi connectivity index (χ1) is 21.1. The van der Waals surface area contributed by atoms with Crippen molar-refractivity contribution in [3.05, 3.63) is 65.2 Å². The van der Waals surface area contributed by atoms with Gasteiger partial charge in [0.05, 0.1) is 19.3 Å². The monoisotopic (exact) mass is 590 g/mol. The molecule has 1 spiro atoms. The van der Waals surface area contributed by atoms with Crippen molar-refractivity contribution < 1.29 is 24.1 Å². The van der Waals surface area contributed by atoms with Crippen LogP contribution >= 0.6 is 0 Å². The Morgan fingerprint density at radius 2 is 1.58 bits per heavy atom. The van der Waals surface area contributed by atoms with E-state index in [0.29, 0.717) is 31.0 Å². The van der Waals surface area contributed by atoms with Crippen LogP contribution in [0.3, 0.4) is 0 Å². The largest absolute Gasteiger partial charge is 0.489 e. The van der Waals surface area contributed by atoms with Gasteiger partial charge in [0.25, 0.3) is 0 Å². The first-order valence-corrected chi connectivity index (χ1v) is 17.4. The molecule has 1 saturated heterocycles. The molecule has 1 aliphatic heterocycles. The van der Waals surface area contributed by atoms with Gasteiger partial charge in [0, 0.05) is 31.0 Å². The average Bonchev–Trinajstić information content (AvgIpc) is 3.64. The lowest BCUT2D eigenvalue weighted by atomic mass is 9.53. The van der Waals surface area contributed by atoms with Gasteiger partial charge in [-0.1, -0.05) is 88.3 Å². The lowest BCUT2D eigenvalue weighted by Crippen LogP contribution is -2.56. The minimum absolute atomic E-state index is 0.00159. The van der Waals surface area contributed by atoms with Gasteiger partial charge in [-0.2, -0.15) is 0 Å². The number of hydrogen-bond donors (Lipinski definition) is 1. The van der Waals surface area contributed by atoms with Gasteiger partial charge in [0.15, 0.2) is 5.79 Å². The maximum Gasteiger partial charge on any atom is 0.174 e. The molecule has 2 aromatic rings. The molecule has 3 fully saturated rings. The molecule has 4 aliphatic rings. The number of aliphatic hydroxyl groups excluding tert-OH is 1. The third-order valence-corrected chi connectivity index (χ3v) is 11.3. The number of hydrogen-bond acceptors (Lipinski definition) is 5. The Labute approximate surface area is 259 Å². The van der Waals surface area contributed by atoms with Crippen LogP contribution in [0.2, 0.25) is 0 Å². The van der Waals surface area contributed by atoms with Crippen molar-refractivity contribution in [2.75, 3.05) is 26.4 Å². The van der Waals surface area contributed by atoms with Crippen molar-refractivity contribution in [3.8, 4) is 5.75 Å². The van der Waals surface area contributed by atoms with Crippen LogP contribution in [0.4, 0.5) is 0 Å². The van der Waals surface area contributed by atoms with Gasteiger partial charge in [0.1, 0.15) is 12.4 Å². The summed E-state index contributed by atoms with van der Waals surface area (Å²) >= 11 is 0. The maximum atomic E-state index is 8.95. The standard InChI is InChI=1S/C38H54O5/c1-37-27-35(40-23-13-8-6-4-2-3-5-7-12-22-39)36-32-19-17-31(41-28-29-14-10-9-11-15-29)26-30(32)16-18-33(36)34(37)20-21-38(37)42-24-25-43-38/h9-11,14-15,17,19,26,33-36,39H,2-8,12-13,16,18,20-25,27-28H2,1H3/t33-,34-,35-,36+,37-/m0/s1. The minimum atomic E-state index is -0.420. The van der Waals surface area contributed by atoms with Crippen LogP contribution < -0.4 is 4.74 Å². The molecule has 43 heavy (non-hydrogen) atoms. The molecule has 1 N–H and O–H groups in total. The SMILES string of the molecule is C[C@]12C[C@H](OCCCCCCCCCCCO)[C@@H]3c4ccc(OCc5ccccc5)cc4CC[C@H]3[C@@H]1CCC21OCCO1. The number of fused-ring (bicyclic) bond motifs is 6. The predicted octanol–water partition coefficient (Wildman–Crippen LogP) is 8.36. The highest BCUT2D eigenvalue weighted by molar-refractivity contribution is 5.42. The van der Waals surface area contributed by atoms with Crippen LogP contribution in [0, 0.1) is 17.3 Å². The summed E-state index contributed by atoms with van der Waals surface area (Å²) in [5, 5.41) is 8.95. The zero-order valence-electron chi connectivity index (χ0n) is 26.4. The van der Waals surface area contributed by atoms with Crippen LogP contribution in [0.15, 0.2) is 48.5 Å². The van der Waals surface area contributed by atoms with Gasteiger partial charge in [-0.3, -0.25) is 0 Å². The molecule has 0 bridgehead atoms. The molecule has 0 aromatic heterocycles. The van der Waals surface area contributed by atoms with Gasteiger partial charge >= 0.3 is 0 Å². The first kappa shape index (κ1) is 31.1. The van der Waals surface area contributed by atoms with Crippen molar-refractivity contribution in [3.63, 3.8) is 0 Å². The maximum absolute atomic E-state index is 8.95. The quantitative estimate of drug-likeness (QED) is 0.211. The molecular weight excluding hydrogens is 536 g/mol. The van der Waals surface area contributed by atoms with E-state index in [1.807, 2.05) is 6.07 Å². The van der Waals surface area contributed by atoms with Crippen molar-refractivity contribution in [2.45, 2.75) is 121 Å². The van der Waals surface area contributed by atoms with Crippen molar-refractivity contribution in [2.24, 2.45) is 17.3 Å². The molecule has 0 amide bonds. The Morgan fingerprint density at radius 3 is 2.33 bits per heavy atom. The molecular formula is C38H54O5. The molecule has 5 atom stereocenters. The first-order valence-electron chi connectivity index (χ1n) is 17.4. The zero-order valence-corrected chi connectivity index (χ0v) is 26.4. The van der Waals surface area contributed by atoms with Crippen LogP contribution in [0.25, 0.3) is 0 Å². The molecule has 0 radical (unpaired) electrons. The van der Waals surface area contributed by atoms with E-state index < -0.39 is 5.79 Å². The number of ether oxygens (including phenoxy) is 4. The van der Waals surface area contributed by atoms with Crippen molar-refractivity contribution in [1.82, 2.24) is 0 Å². The molecule has 2 saturated carbocycles. The van der Waals surface area contributed by atoms with Gasteiger partial charge < -0.3 is 24.1 Å². The molecule has 3 aliphatic carbocycles. The Bertz CT molecular complexity index is 1140. The number of aryl methyl sites for hydroxylation is 1. The van der Waals surface area contributed by atoms with E-state index in [4.69, 9.17) is 24.1 Å². The third-order valence-electron chi connectivity index (χ3n) is 11.3. The summed E-state index contributed by atoms with van der Waals surface area (Å²) in [5.41, 5.74) is 4.14. The van der Waals surface area contributed by atoms with Crippen molar-refractivity contribution >= 4 is 0 Å². The van der Waals surface area contributed by atoms with Crippen LogP contribution in [0.5, 0.6) is 5.75 Å². The van der Waals surface area contributed by atoms with E-state index in [0.717, 1.165) is 64.1 Å². The highest BCUT2D eigenvalue weighted by atomic mass is 16.7. The highest BCUT2D eigenvalue weighted by Gasteiger charge is 2.67. The minimum Gasteiger partial charge on any atom is -0.489 e. The number of unbranched alkanes of at least 4 members (excludes halogenated alkanes) is 8. The number of rotatable bonds is 15. The Kier molecular flexibility index (Phi) is 10.4. The zero-order chi connectivity index (χ0) is 29.5. The number of aliphatic hydroxyl groups is 1. The van der Waals surface area contributed by atoms with E-state index in [9.17, 15) is 0 Å². The summed E-state index contributed by atoms with van der Waals surface area (Å²) in [6, 6.07) is 17.3. The predicted molar refractivity (Wildman–Crippen MR) is 170 cm³/mol. The smallest absolute Gasteiger partial charge is 0.174 e. The summed E-state index contributed by atoms with van der Waals surface area (Å²) in [4.78, 5) is 0. The fourth-order valence-corrected chi connectivity index (χ4v) is 9.16. The summed E-state index contributed by atoms with van der Waals surface area (Å²) in [6.07, 6.45) is 16.7. The fourth-order valence-electron chi connectivity index (χ4n) is 9.16. The molecule has 6 rings (SSSR count). The molecule has 236 valence electrons. The van der Waals surface area contributed by atoms with Gasteiger partial charge in [-0.15, -0.1) is 0 Å². The summed E-state index contributed by atoms with van der Waals surface area (Å²) in [6.45, 7) is 5.67. The van der Waals surface area contributed by atoms with E-state index in [1.165, 1.54) is 68.1 Å². The Morgan fingerprint density at radius 1 is 0.860 bits per heavy atom. The summed E-state index contributed by atoms with van der Waals surface area (Å²) < 4.78 is 26.1. The number of benzene rings is 2. The molecule has 1 heterocycles. The van der Waals surface area contributed by atoms with Crippen LogP contribution in [-0.4, -0.2) is 43.4 Å². The summed E-state index contributed by atoms with van der Waals surface area (Å²) in [5.74, 6) is 2.19. The van der Waals surface area contributed by atoms with E-state index in [-0.39, 0.29) is 11.5 Å². The van der Waals surface area contributed by atoms with E-state index in [2.05, 4.69) is 49.4 Å². The van der Waals surface area contributed by atoms with E-state index in [1.54, 1.807) is 0 Å². The van der Waals surface area contributed by atoms with Gasteiger partial charge in [-0.05, 0) is 79.2 Å². The Balaban J connectivity index is 1.11. The second-order valence-corrected chi connectivity index (χ2v) is 13.9. The molecule has 0 unspecified atom stereocenters. The van der Waals surface area contributed by atoms with Gasteiger partial charge in [0.2, 0.25) is 0 Å². The van der Waals surface area contributed by atoms with E-state index >= 15 is 0 Å². The highest BCUT2D eigenvalue weighted by Crippen LogP contribution is 2.66. The topological polar surface area (TPSA) is 57.2 Å². The lowest BCUT2D eigenvalue weighted by Gasteiger charge is -2.55. The molecule has 5 heteroatoms. The van der Waals surface area contributed by atoms with Crippen LogP contribution in [0.1, 0.15) is 113 Å². The normalized spacial score (nSPS) is 28.9. The molecule has 2 aromatic carbocycles. The molecule has 5 nitrogen and oxygen atoms in total.